The van der Waals surface area contributed by atoms with E-state index in [2.05, 4.69) is 10.3 Å². The molecule has 1 atom stereocenters. The molecule has 3 rings (SSSR count). The van der Waals surface area contributed by atoms with Crippen LogP contribution in [0.3, 0.4) is 0 Å². The maximum Gasteiger partial charge on any atom is 0.262 e. The number of rotatable bonds is 2. The zero-order valence-electron chi connectivity index (χ0n) is 11.2. The van der Waals surface area contributed by atoms with E-state index in [1.807, 2.05) is 11.5 Å². The van der Waals surface area contributed by atoms with Gasteiger partial charge in [-0.15, -0.1) is 0 Å². The van der Waals surface area contributed by atoms with Crippen LogP contribution in [-0.2, 0) is 23.0 Å². The third-order valence-electron chi connectivity index (χ3n) is 3.82. The fourth-order valence-electron chi connectivity index (χ4n) is 2.76. The number of nitrogens with zero attached hydrogens (tertiary/aromatic N) is 3. The second-order valence-electron chi connectivity index (χ2n) is 5.36. The lowest BCUT2D eigenvalue weighted by Gasteiger charge is -2.30. The second-order valence-corrected chi connectivity index (χ2v) is 7.25. The van der Waals surface area contributed by atoms with Gasteiger partial charge in [-0.2, -0.15) is 4.31 Å². The summed E-state index contributed by atoms with van der Waals surface area (Å²) in [5.41, 5.74) is 0. The summed E-state index contributed by atoms with van der Waals surface area (Å²) in [6.07, 6.45) is 4.79. The number of imidazole rings is 1. The normalized spacial score (nSPS) is 25.2. The highest BCUT2D eigenvalue weighted by atomic mass is 32.2. The number of sulfonamides is 1. The molecule has 0 spiro atoms. The Morgan fingerprint density at radius 1 is 1.37 bits per heavy atom. The molecular formula is C12H20N4O2S. The Hall–Kier alpha value is -0.920. The van der Waals surface area contributed by atoms with Crippen molar-refractivity contribution in [2.24, 2.45) is 0 Å². The molecule has 6 nitrogen and oxygen atoms in total. The van der Waals surface area contributed by atoms with E-state index in [1.165, 1.54) is 0 Å². The highest BCUT2D eigenvalue weighted by Crippen LogP contribution is 2.20. The quantitative estimate of drug-likeness (QED) is 0.842. The molecule has 1 saturated heterocycles. The minimum Gasteiger partial charge on any atom is -0.333 e. The van der Waals surface area contributed by atoms with E-state index < -0.39 is 10.0 Å². The zero-order valence-corrected chi connectivity index (χ0v) is 12.0. The van der Waals surface area contributed by atoms with Crippen LogP contribution < -0.4 is 5.32 Å². The smallest absolute Gasteiger partial charge is 0.262 e. The summed E-state index contributed by atoms with van der Waals surface area (Å²) >= 11 is 0. The lowest BCUT2D eigenvalue weighted by molar-refractivity contribution is 0.309. The Balaban J connectivity index is 1.89. The predicted molar refractivity (Wildman–Crippen MR) is 71.4 cm³/mol. The molecule has 0 aromatic carbocycles. The van der Waals surface area contributed by atoms with Gasteiger partial charge in [0.1, 0.15) is 5.82 Å². The largest absolute Gasteiger partial charge is 0.333 e. The molecule has 1 fully saturated rings. The van der Waals surface area contributed by atoms with E-state index in [0.29, 0.717) is 19.6 Å². The Bertz CT molecular complexity index is 543. The van der Waals surface area contributed by atoms with Crippen molar-refractivity contribution in [1.82, 2.24) is 19.2 Å². The SMILES string of the molecule is C[C@@H]1CN(S(=O)(=O)c2cn3c(n2)CCCC3)CCN1. The second kappa shape index (κ2) is 4.88. The molecule has 0 unspecified atom stereocenters. The average Bonchev–Trinajstić information content (AvgIpc) is 2.83. The van der Waals surface area contributed by atoms with Gasteiger partial charge in [0.25, 0.3) is 10.0 Å². The summed E-state index contributed by atoms with van der Waals surface area (Å²) < 4.78 is 28.7. The molecule has 3 heterocycles. The molecule has 19 heavy (non-hydrogen) atoms. The lowest BCUT2D eigenvalue weighted by Crippen LogP contribution is -2.51. The van der Waals surface area contributed by atoms with Crippen LogP contribution in [0.4, 0.5) is 0 Å². The highest BCUT2D eigenvalue weighted by Gasteiger charge is 2.31. The first-order valence-electron chi connectivity index (χ1n) is 6.87. The van der Waals surface area contributed by atoms with Crippen molar-refractivity contribution >= 4 is 10.0 Å². The Labute approximate surface area is 113 Å². The minimum absolute atomic E-state index is 0.195. The van der Waals surface area contributed by atoms with E-state index in [4.69, 9.17) is 0 Å². The molecule has 2 aliphatic rings. The number of piperazine rings is 1. The fourth-order valence-corrected chi connectivity index (χ4v) is 4.26. The van der Waals surface area contributed by atoms with Crippen LogP contribution in [-0.4, -0.2) is 48.0 Å². The predicted octanol–water partition coefficient (Wildman–Crippen LogP) is 0.202. The highest BCUT2D eigenvalue weighted by molar-refractivity contribution is 7.89. The summed E-state index contributed by atoms with van der Waals surface area (Å²) in [6, 6.07) is 0.195. The number of hydrogen-bond donors (Lipinski definition) is 1. The zero-order chi connectivity index (χ0) is 13.5. The van der Waals surface area contributed by atoms with Crippen LogP contribution in [0.15, 0.2) is 11.2 Å². The minimum atomic E-state index is -3.43. The average molecular weight is 284 g/mol. The molecule has 2 aliphatic heterocycles. The fraction of sp³-hybridized carbons (Fsp3) is 0.750. The van der Waals surface area contributed by atoms with Crippen LogP contribution >= 0.6 is 0 Å². The van der Waals surface area contributed by atoms with E-state index in [0.717, 1.165) is 31.6 Å². The maximum absolute atomic E-state index is 12.6. The van der Waals surface area contributed by atoms with E-state index in [1.54, 1.807) is 10.5 Å². The van der Waals surface area contributed by atoms with Crippen LogP contribution in [0.25, 0.3) is 0 Å². The number of aryl methyl sites for hydroxylation is 2. The van der Waals surface area contributed by atoms with Crippen molar-refractivity contribution in [3.8, 4) is 0 Å². The van der Waals surface area contributed by atoms with Gasteiger partial charge in [0.05, 0.1) is 0 Å². The number of hydrogen-bond acceptors (Lipinski definition) is 4. The first-order valence-corrected chi connectivity index (χ1v) is 8.31. The Kier molecular flexibility index (Phi) is 3.36. The molecule has 1 N–H and O–H groups in total. The van der Waals surface area contributed by atoms with Gasteiger partial charge in [0.2, 0.25) is 0 Å². The van der Waals surface area contributed by atoms with Crippen molar-refractivity contribution in [2.45, 2.75) is 43.8 Å². The van der Waals surface area contributed by atoms with Gasteiger partial charge in [0, 0.05) is 44.8 Å². The topological polar surface area (TPSA) is 67.2 Å². The summed E-state index contributed by atoms with van der Waals surface area (Å²) in [4.78, 5) is 4.34. The van der Waals surface area contributed by atoms with Crippen LogP contribution in [0.1, 0.15) is 25.6 Å². The van der Waals surface area contributed by atoms with E-state index >= 15 is 0 Å². The van der Waals surface area contributed by atoms with E-state index in [9.17, 15) is 8.42 Å². The van der Waals surface area contributed by atoms with Crippen molar-refractivity contribution < 1.29 is 8.42 Å². The summed E-state index contributed by atoms with van der Waals surface area (Å²) in [5.74, 6) is 0.910. The molecule has 0 radical (unpaired) electrons. The third-order valence-corrected chi connectivity index (χ3v) is 5.56. The molecule has 0 aliphatic carbocycles. The Morgan fingerprint density at radius 3 is 2.95 bits per heavy atom. The van der Waals surface area contributed by atoms with Crippen LogP contribution in [0, 0.1) is 0 Å². The van der Waals surface area contributed by atoms with Crippen LogP contribution in [0.5, 0.6) is 0 Å². The van der Waals surface area contributed by atoms with Crippen molar-refractivity contribution in [3.63, 3.8) is 0 Å². The summed E-state index contributed by atoms with van der Waals surface area (Å²) in [5, 5.41) is 3.47. The van der Waals surface area contributed by atoms with Gasteiger partial charge >= 0.3 is 0 Å². The molecule has 0 amide bonds. The standard InChI is InChI=1S/C12H20N4O2S/c1-10-8-16(7-5-13-10)19(17,18)12-9-15-6-3-2-4-11(15)14-12/h9-10,13H,2-8H2,1H3/t10-/m1/s1. The number of aromatic nitrogens is 2. The first kappa shape index (κ1) is 13.1. The molecule has 106 valence electrons. The molecular weight excluding hydrogens is 264 g/mol. The van der Waals surface area contributed by atoms with Gasteiger partial charge in [-0.05, 0) is 19.8 Å². The molecule has 7 heteroatoms. The maximum atomic E-state index is 12.6. The van der Waals surface area contributed by atoms with Gasteiger partial charge in [-0.25, -0.2) is 13.4 Å². The Morgan fingerprint density at radius 2 is 2.21 bits per heavy atom. The summed E-state index contributed by atoms with van der Waals surface area (Å²) in [6.45, 7) is 4.63. The monoisotopic (exact) mass is 284 g/mol. The molecule has 0 saturated carbocycles. The lowest BCUT2D eigenvalue weighted by atomic mass is 10.2. The molecule has 1 aromatic rings. The van der Waals surface area contributed by atoms with Gasteiger partial charge in [-0.3, -0.25) is 0 Å². The van der Waals surface area contributed by atoms with Gasteiger partial charge in [0.15, 0.2) is 5.03 Å². The third kappa shape index (κ3) is 2.42. The van der Waals surface area contributed by atoms with Crippen molar-refractivity contribution in [3.05, 3.63) is 12.0 Å². The van der Waals surface area contributed by atoms with Crippen molar-refractivity contribution in [1.29, 1.82) is 0 Å². The summed E-state index contributed by atoms with van der Waals surface area (Å²) in [7, 11) is -3.43. The molecule has 0 bridgehead atoms. The van der Waals surface area contributed by atoms with Crippen molar-refractivity contribution in [2.75, 3.05) is 19.6 Å². The first-order chi connectivity index (χ1) is 9.07. The van der Waals surface area contributed by atoms with Gasteiger partial charge in [-0.1, -0.05) is 0 Å². The van der Waals surface area contributed by atoms with E-state index in [-0.39, 0.29) is 11.1 Å². The van der Waals surface area contributed by atoms with Crippen LogP contribution in [0.2, 0.25) is 0 Å². The van der Waals surface area contributed by atoms with Gasteiger partial charge < -0.3 is 9.88 Å². The molecule has 1 aromatic heterocycles. The number of nitrogens with one attached hydrogen (secondary N) is 1. The number of fused-ring (bicyclic) bond motifs is 1.